The van der Waals surface area contributed by atoms with Gasteiger partial charge in [0.15, 0.2) is 5.82 Å². The van der Waals surface area contributed by atoms with Crippen LogP contribution in [0.2, 0.25) is 0 Å². The van der Waals surface area contributed by atoms with Gasteiger partial charge in [0.25, 0.3) is 5.56 Å². The van der Waals surface area contributed by atoms with Crippen LogP contribution in [0.15, 0.2) is 33.7 Å². The molecule has 0 radical (unpaired) electrons. The van der Waals surface area contributed by atoms with Crippen molar-refractivity contribution >= 4 is 26.8 Å². The maximum absolute atomic E-state index is 13.5. The Balaban J connectivity index is 2.36. The summed E-state index contributed by atoms with van der Waals surface area (Å²) in [5, 5.41) is 6.48. The van der Waals surface area contributed by atoms with Gasteiger partial charge in [0.2, 0.25) is 0 Å². The standard InChI is InChI=1S/C11H6BrFN4O/c12-5-4-14-17-9(5)10-15-7-3-1-2-6(13)8(7)11(18)16-10/h1-4H,(H,14,17)(H,15,16,18). The quantitative estimate of drug-likeness (QED) is 0.724. The van der Waals surface area contributed by atoms with E-state index in [0.717, 1.165) is 0 Å². The second kappa shape index (κ2) is 4.02. The predicted octanol–water partition coefficient (Wildman–Crippen LogP) is 2.21. The van der Waals surface area contributed by atoms with E-state index in [1.807, 2.05) is 0 Å². The molecule has 0 atom stereocenters. The van der Waals surface area contributed by atoms with Gasteiger partial charge in [-0.2, -0.15) is 5.10 Å². The molecule has 0 unspecified atom stereocenters. The number of benzene rings is 1. The number of aromatic amines is 2. The van der Waals surface area contributed by atoms with E-state index in [1.54, 1.807) is 12.3 Å². The Bertz CT molecular complexity index is 795. The van der Waals surface area contributed by atoms with Crippen LogP contribution in [0.4, 0.5) is 4.39 Å². The molecule has 0 saturated heterocycles. The molecule has 0 amide bonds. The minimum Gasteiger partial charge on any atom is -0.305 e. The maximum atomic E-state index is 13.5. The Hall–Kier alpha value is -2.02. The first kappa shape index (κ1) is 11.1. The van der Waals surface area contributed by atoms with Crippen molar-refractivity contribution in [2.24, 2.45) is 0 Å². The molecule has 0 spiro atoms. The fraction of sp³-hybridized carbons (Fsp3) is 0. The van der Waals surface area contributed by atoms with E-state index >= 15 is 0 Å². The van der Waals surface area contributed by atoms with Gasteiger partial charge in [-0.15, -0.1) is 0 Å². The van der Waals surface area contributed by atoms with Gasteiger partial charge >= 0.3 is 0 Å². The largest absolute Gasteiger partial charge is 0.305 e. The third-order valence-electron chi connectivity index (χ3n) is 2.51. The summed E-state index contributed by atoms with van der Waals surface area (Å²) in [6.07, 6.45) is 1.55. The van der Waals surface area contributed by atoms with Crippen molar-refractivity contribution in [3.05, 3.63) is 45.0 Å². The fourth-order valence-corrected chi connectivity index (χ4v) is 2.08. The highest BCUT2D eigenvalue weighted by molar-refractivity contribution is 9.10. The molecule has 2 aromatic heterocycles. The zero-order valence-corrected chi connectivity index (χ0v) is 10.5. The Labute approximate surface area is 108 Å². The number of hydrogen-bond donors (Lipinski definition) is 2. The number of hydrogen-bond acceptors (Lipinski definition) is 3. The van der Waals surface area contributed by atoms with Gasteiger partial charge in [-0.05, 0) is 28.1 Å². The highest BCUT2D eigenvalue weighted by Crippen LogP contribution is 2.22. The minimum atomic E-state index is -0.587. The van der Waals surface area contributed by atoms with Crippen LogP contribution in [0.5, 0.6) is 0 Å². The van der Waals surface area contributed by atoms with Crippen molar-refractivity contribution in [3.8, 4) is 11.5 Å². The lowest BCUT2D eigenvalue weighted by Crippen LogP contribution is -2.11. The second-order valence-corrected chi connectivity index (χ2v) is 4.50. The molecule has 1 aromatic carbocycles. The van der Waals surface area contributed by atoms with E-state index in [-0.39, 0.29) is 5.39 Å². The predicted molar refractivity (Wildman–Crippen MR) is 67.6 cm³/mol. The van der Waals surface area contributed by atoms with Crippen LogP contribution in [-0.4, -0.2) is 20.2 Å². The van der Waals surface area contributed by atoms with Crippen molar-refractivity contribution in [2.45, 2.75) is 0 Å². The number of fused-ring (bicyclic) bond motifs is 1. The van der Waals surface area contributed by atoms with E-state index in [2.05, 4.69) is 36.1 Å². The van der Waals surface area contributed by atoms with Gasteiger partial charge in [0, 0.05) is 0 Å². The molecule has 0 saturated carbocycles. The van der Waals surface area contributed by atoms with Crippen LogP contribution >= 0.6 is 15.9 Å². The molecule has 5 nitrogen and oxygen atoms in total. The molecule has 90 valence electrons. The third-order valence-corrected chi connectivity index (χ3v) is 3.11. The Morgan fingerprint density at radius 1 is 1.33 bits per heavy atom. The molecular weight excluding hydrogens is 303 g/mol. The van der Waals surface area contributed by atoms with Crippen LogP contribution in [0.3, 0.4) is 0 Å². The number of nitrogens with one attached hydrogen (secondary N) is 2. The summed E-state index contributed by atoms with van der Waals surface area (Å²) in [4.78, 5) is 18.6. The molecule has 0 aliphatic carbocycles. The molecule has 7 heteroatoms. The molecular formula is C11H6BrFN4O. The average Bonchev–Trinajstić information content (AvgIpc) is 2.75. The molecule has 2 heterocycles. The van der Waals surface area contributed by atoms with Crippen LogP contribution in [0.1, 0.15) is 0 Å². The number of rotatable bonds is 1. The summed E-state index contributed by atoms with van der Waals surface area (Å²) in [6.45, 7) is 0. The topological polar surface area (TPSA) is 74.4 Å². The summed E-state index contributed by atoms with van der Waals surface area (Å²) in [5.74, 6) is -0.279. The summed E-state index contributed by atoms with van der Waals surface area (Å²) < 4.78 is 14.2. The van der Waals surface area contributed by atoms with Crippen molar-refractivity contribution < 1.29 is 4.39 Å². The molecule has 0 fully saturated rings. The van der Waals surface area contributed by atoms with Crippen LogP contribution < -0.4 is 5.56 Å². The first-order valence-electron chi connectivity index (χ1n) is 5.04. The maximum Gasteiger partial charge on any atom is 0.262 e. The summed E-state index contributed by atoms with van der Waals surface area (Å²) in [6, 6.07) is 4.32. The summed E-state index contributed by atoms with van der Waals surface area (Å²) in [7, 11) is 0. The van der Waals surface area contributed by atoms with E-state index in [9.17, 15) is 9.18 Å². The van der Waals surface area contributed by atoms with Crippen LogP contribution in [-0.2, 0) is 0 Å². The van der Waals surface area contributed by atoms with Gasteiger partial charge in [0.1, 0.15) is 16.9 Å². The summed E-state index contributed by atoms with van der Waals surface area (Å²) in [5.41, 5.74) is 0.322. The second-order valence-electron chi connectivity index (χ2n) is 3.64. The van der Waals surface area contributed by atoms with E-state index in [0.29, 0.717) is 21.5 Å². The van der Waals surface area contributed by atoms with Crippen molar-refractivity contribution in [1.82, 2.24) is 20.2 Å². The smallest absolute Gasteiger partial charge is 0.262 e. The van der Waals surface area contributed by atoms with Crippen molar-refractivity contribution in [1.29, 1.82) is 0 Å². The molecule has 0 aliphatic heterocycles. The van der Waals surface area contributed by atoms with Gasteiger partial charge in [-0.3, -0.25) is 9.89 Å². The number of halogens is 2. The zero-order chi connectivity index (χ0) is 12.7. The molecule has 0 aliphatic rings. The lowest BCUT2D eigenvalue weighted by atomic mass is 10.2. The number of nitrogens with zero attached hydrogens (tertiary/aromatic N) is 2. The third kappa shape index (κ3) is 1.63. The zero-order valence-electron chi connectivity index (χ0n) is 8.87. The van der Waals surface area contributed by atoms with Crippen LogP contribution in [0, 0.1) is 5.82 Å². The monoisotopic (exact) mass is 308 g/mol. The van der Waals surface area contributed by atoms with E-state index < -0.39 is 11.4 Å². The Morgan fingerprint density at radius 3 is 2.89 bits per heavy atom. The van der Waals surface area contributed by atoms with E-state index in [4.69, 9.17) is 0 Å². The molecule has 18 heavy (non-hydrogen) atoms. The van der Waals surface area contributed by atoms with Gasteiger partial charge in [-0.1, -0.05) is 6.07 Å². The minimum absolute atomic E-state index is 0.0445. The van der Waals surface area contributed by atoms with Crippen molar-refractivity contribution in [2.75, 3.05) is 0 Å². The Kier molecular flexibility index (Phi) is 2.48. The van der Waals surface area contributed by atoms with Crippen LogP contribution in [0.25, 0.3) is 22.4 Å². The molecule has 0 bridgehead atoms. The molecule has 2 N–H and O–H groups in total. The highest BCUT2D eigenvalue weighted by Gasteiger charge is 2.12. The van der Waals surface area contributed by atoms with Gasteiger partial charge < -0.3 is 4.98 Å². The lowest BCUT2D eigenvalue weighted by Gasteiger charge is -2.02. The van der Waals surface area contributed by atoms with E-state index in [1.165, 1.54) is 12.1 Å². The fourth-order valence-electron chi connectivity index (χ4n) is 1.71. The van der Waals surface area contributed by atoms with Crippen molar-refractivity contribution in [3.63, 3.8) is 0 Å². The SMILES string of the molecule is O=c1[nH]c(-c2[nH]ncc2Br)nc2cccc(F)c12. The summed E-state index contributed by atoms with van der Waals surface area (Å²) >= 11 is 3.28. The molecule has 3 aromatic rings. The number of aromatic nitrogens is 4. The first-order valence-corrected chi connectivity index (χ1v) is 5.84. The van der Waals surface area contributed by atoms with Gasteiger partial charge in [0.05, 0.1) is 16.2 Å². The number of H-pyrrole nitrogens is 2. The van der Waals surface area contributed by atoms with Gasteiger partial charge in [-0.25, -0.2) is 9.37 Å². The highest BCUT2D eigenvalue weighted by atomic mass is 79.9. The average molecular weight is 309 g/mol. The first-order chi connectivity index (χ1) is 8.66. The lowest BCUT2D eigenvalue weighted by molar-refractivity contribution is 0.638. The Morgan fingerprint density at radius 2 is 2.17 bits per heavy atom. The normalized spacial score (nSPS) is 11.0. The molecule has 3 rings (SSSR count).